The molecular formula is C14H16N4OS2. The molecule has 0 aliphatic heterocycles. The number of carbonyl (C=O) groups is 1. The quantitative estimate of drug-likeness (QED) is 0.504. The standard InChI is InChI=1S/C14H16N4OS2/c1-3-11-12(21-14(15)17-11)13(19)18-16-8-9-4-6-10(20-2)7-5-9/h4-8H,3H2,1-2H3,(H2,15,17)(H,18,19)/b16-8-. The smallest absolute Gasteiger partial charge is 0.283 e. The van der Waals surface area contributed by atoms with Gasteiger partial charge in [-0.05, 0) is 30.4 Å². The predicted molar refractivity (Wildman–Crippen MR) is 89.2 cm³/mol. The van der Waals surface area contributed by atoms with Gasteiger partial charge in [0.15, 0.2) is 5.13 Å². The Hall–Kier alpha value is -1.86. The molecule has 0 saturated carbocycles. The van der Waals surface area contributed by atoms with E-state index < -0.39 is 0 Å². The van der Waals surface area contributed by atoms with Crippen molar-refractivity contribution in [3.63, 3.8) is 0 Å². The van der Waals surface area contributed by atoms with Gasteiger partial charge in [0.05, 0.1) is 11.9 Å². The number of anilines is 1. The number of nitrogens with two attached hydrogens (primary N) is 1. The molecule has 2 aromatic rings. The van der Waals surface area contributed by atoms with E-state index in [0.717, 1.165) is 5.56 Å². The molecule has 0 fully saturated rings. The number of thioether (sulfide) groups is 1. The minimum atomic E-state index is -0.280. The first-order chi connectivity index (χ1) is 10.1. The van der Waals surface area contributed by atoms with Gasteiger partial charge in [0.2, 0.25) is 0 Å². The Bertz CT molecular complexity index is 649. The number of carbonyl (C=O) groups excluding carboxylic acids is 1. The number of nitrogen functional groups attached to an aromatic ring is 1. The summed E-state index contributed by atoms with van der Waals surface area (Å²) < 4.78 is 0. The van der Waals surface area contributed by atoms with Crippen LogP contribution in [0.25, 0.3) is 0 Å². The summed E-state index contributed by atoms with van der Waals surface area (Å²) in [6.45, 7) is 1.93. The van der Waals surface area contributed by atoms with E-state index in [1.165, 1.54) is 16.2 Å². The molecule has 7 heteroatoms. The molecule has 0 aliphatic rings. The van der Waals surface area contributed by atoms with Gasteiger partial charge in [-0.15, -0.1) is 11.8 Å². The lowest BCUT2D eigenvalue weighted by Crippen LogP contribution is -2.17. The molecule has 2 rings (SSSR count). The van der Waals surface area contributed by atoms with Gasteiger partial charge in [-0.2, -0.15) is 5.10 Å². The monoisotopic (exact) mass is 320 g/mol. The van der Waals surface area contributed by atoms with E-state index in [1.54, 1.807) is 18.0 Å². The fraction of sp³-hybridized carbons (Fsp3) is 0.214. The van der Waals surface area contributed by atoms with Crippen LogP contribution in [-0.2, 0) is 6.42 Å². The van der Waals surface area contributed by atoms with Gasteiger partial charge in [0.1, 0.15) is 4.88 Å². The van der Waals surface area contributed by atoms with E-state index in [4.69, 9.17) is 5.73 Å². The minimum Gasteiger partial charge on any atom is -0.375 e. The number of nitrogens with zero attached hydrogens (tertiary/aromatic N) is 2. The molecule has 110 valence electrons. The van der Waals surface area contributed by atoms with Gasteiger partial charge < -0.3 is 5.73 Å². The lowest BCUT2D eigenvalue weighted by Gasteiger charge is -1.99. The second-order valence-corrected chi connectivity index (χ2v) is 6.06. The zero-order valence-corrected chi connectivity index (χ0v) is 13.4. The number of nitrogens with one attached hydrogen (secondary N) is 1. The average molecular weight is 320 g/mol. The topological polar surface area (TPSA) is 80.4 Å². The first-order valence-electron chi connectivity index (χ1n) is 6.36. The Morgan fingerprint density at radius 3 is 2.81 bits per heavy atom. The number of aryl methyl sites for hydroxylation is 1. The van der Waals surface area contributed by atoms with Crippen molar-refractivity contribution in [3.8, 4) is 0 Å². The van der Waals surface area contributed by atoms with Crippen molar-refractivity contribution in [2.45, 2.75) is 18.2 Å². The molecule has 0 aliphatic carbocycles. The molecule has 0 saturated heterocycles. The Labute approximate surface area is 131 Å². The molecule has 5 nitrogen and oxygen atoms in total. The number of hydrogen-bond donors (Lipinski definition) is 2. The van der Waals surface area contributed by atoms with Gasteiger partial charge in [-0.1, -0.05) is 30.4 Å². The van der Waals surface area contributed by atoms with E-state index in [0.29, 0.717) is 22.1 Å². The molecule has 1 heterocycles. The van der Waals surface area contributed by atoms with Crippen molar-refractivity contribution in [1.82, 2.24) is 10.4 Å². The van der Waals surface area contributed by atoms with Crippen LogP contribution in [0.2, 0.25) is 0 Å². The van der Waals surface area contributed by atoms with E-state index in [1.807, 2.05) is 37.4 Å². The van der Waals surface area contributed by atoms with Gasteiger partial charge >= 0.3 is 0 Å². The SMILES string of the molecule is CCc1nc(N)sc1C(=O)N/N=C\c1ccc(SC)cc1. The number of hydrazone groups is 1. The number of thiazole rings is 1. The largest absolute Gasteiger partial charge is 0.375 e. The zero-order chi connectivity index (χ0) is 15.2. The highest BCUT2D eigenvalue weighted by Crippen LogP contribution is 2.20. The molecule has 0 radical (unpaired) electrons. The normalized spacial score (nSPS) is 11.0. The van der Waals surface area contributed by atoms with E-state index in [2.05, 4.69) is 15.5 Å². The van der Waals surface area contributed by atoms with Gasteiger partial charge in [0, 0.05) is 4.90 Å². The second kappa shape index (κ2) is 7.24. The van der Waals surface area contributed by atoms with Crippen LogP contribution in [-0.4, -0.2) is 23.4 Å². The Balaban J connectivity index is 2.01. The van der Waals surface area contributed by atoms with E-state index in [9.17, 15) is 4.79 Å². The highest BCUT2D eigenvalue weighted by Gasteiger charge is 2.15. The lowest BCUT2D eigenvalue weighted by molar-refractivity contribution is 0.0958. The fourth-order valence-corrected chi connectivity index (χ4v) is 2.91. The van der Waals surface area contributed by atoms with Crippen LogP contribution in [0.15, 0.2) is 34.3 Å². The second-order valence-electron chi connectivity index (χ2n) is 4.15. The van der Waals surface area contributed by atoms with Crippen molar-refractivity contribution in [3.05, 3.63) is 40.4 Å². The molecule has 1 aromatic heterocycles. The number of amides is 1. The Morgan fingerprint density at radius 1 is 1.48 bits per heavy atom. The number of rotatable bonds is 5. The fourth-order valence-electron chi connectivity index (χ4n) is 1.69. The maximum atomic E-state index is 12.0. The van der Waals surface area contributed by atoms with Crippen LogP contribution in [0.1, 0.15) is 27.9 Å². The van der Waals surface area contributed by atoms with Crippen LogP contribution in [0, 0.1) is 0 Å². The molecule has 1 aromatic carbocycles. The number of hydrogen-bond acceptors (Lipinski definition) is 6. The number of aromatic nitrogens is 1. The van der Waals surface area contributed by atoms with E-state index >= 15 is 0 Å². The third-order valence-electron chi connectivity index (χ3n) is 2.75. The summed E-state index contributed by atoms with van der Waals surface area (Å²) in [5.74, 6) is -0.280. The maximum Gasteiger partial charge on any atom is 0.283 e. The van der Waals surface area contributed by atoms with Crippen molar-refractivity contribution in [2.75, 3.05) is 12.0 Å². The Morgan fingerprint density at radius 2 is 2.19 bits per heavy atom. The molecular weight excluding hydrogens is 304 g/mol. The van der Waals surface area contributed by atoms with Crippen LogP contribution in [0.5, 0.6) is 0 Å². The van der Waals surface area contributed by atoms with Gasteiger partial charge in [-0.3, -0.25) is 4.79 Å². The molecule has 1 amide bonds. The summed E-state index contributed by atoms with van der Waals surface area (Å²) in [6, 6.07) is 7.91. The molecule has 0 bridgehead atoms. The van der Waals surface area contributed by atoms with Crippen molar-refractivity contribution < 1.29 is 4.79 Å². The van der Waals surface area contributed by atoms with Crippen molar-refractivity contribution in [1.29, 1.82) is 0 Å². The molecule has 0 atom stereocenters. The summed E-state index contributed by atoms with van der Waals surface area (Å²) >= 11 is 2.85. The van der Waals surface area contributed by atoms with Crippen LogP contribution in [0.3, 0.4) is 0 Å². The third-order valence-corrected chi connectivity index (χ3v) is 4.42. The predicted octanol–water partition coefficient (Wildman–Crippen LogP) is 2.77. The highest BCUT2D eigenvalue weighted by atomic mass is 32.2. The molecule has 0 unspecified atom stereocenters. The summed E-state index contributed by atoms with van der Waals surface area (Å²) in [5, 5.41) is 4.36. The van der Waals surface area contributed by atoms with Crippen LogP contribution < -0.4 is 11.2 Å². The third kappa shape index (κ3) is 4.05. The summed E-state index contributed by atoms with van der Waals surface area (Å²) in [5.41, 5.74) is 9.76. The van der Waals surface area contributed by atoms with Crippen molar-refractivity contribution >= 4 is 40.4 Å². The summed E-state index contributed by atoms with van der Waals surface area (Å²) in [6.07, 6.45) is 4.30. The van der Waals surface area contributed by atoms with Crippen LogP contribution in [0.4, 0.5) is 5.13 Å². The summed E-state index contributed by atoms with van der Waals surface area (Å²) in [7, 11) is 0. The first kappa shape index (κ1) is 15.5. The number of benzene rings is 1. The summed E-state index contributed by atoms with van der Waals surface area (Å²) in [4.78, 5) is 17.8. The van der Waals surface area contributed by atoms with Gasteiger partial charge in [0.25, 0.3) is 5.91 Å². The average Bonchev–Trinajstić information content (AvgIpc) is 2.89. The highest BCUT2D eigenvalue weighted by molar-refractivity contribution is 7.98. The van der Waals surface area contributed by atoms with Crippen LogP contribution >= 0.6 is 23.1 Å². The molecule has 0 spiro atoms. The van der Waals surface area contributed by atoms with E-state index in [-0.39, 0.29) is 5.91 Å². The minimum absolute atomic E-state index is 0.280. The molecule has 3 N–H and O–H groups in total. The zero-order valence-electron chi connectivity index (χ0n) is 11.8. The van der Waals surface area contributed by atoms with Gasteiger partial charge in [-0.25, -0.2) is 10.4 Å². The Kier molecular flexibility index (Phi) is 5.35. The van der Waals surface area contributed by atoms with Crippen molar-refractivity contribution in [2.24, 2.45) is 5.10 Å². The maximum absolute atomic E-state index is 12.0. The molecule has 21 heavy (non-hydrogen) atoms. The first-order valence-corrected chi connectivity index (χ1v) is 8.40. The lowest BCUT2D eigenvalue weighted by atomic mass is 10.2.